The first-order chi connectivity index (χ1) is 20.2. The van der Waals surface area contributed by atoms with Crippen LogP contribution in [0.1, 0.15) is 5.89 Å². The van der Waals surface area contributed by atoms with Crippen LogP contribution in [0.15, 0.2) is 77.2 Å². The van der Waals surface area contributed by atoms with Crippen LogP contribution in [0.2, 0.25) is 10.0 Å². The quantitative estimate of drug-likeness (QED) is 0.169. The Morgan fingerprint density at radius 1 is 1.00 bits per heavy atom. The van der Waals surface area contributed by atoms with Crippen LogP contribution in [0.25, 0.3) is 22.6 Å². The Balaban J connectivity index is 0.00000264. The topological polar surface area (TPSA) is 148 Å². The van der Waals surface area contributed by atoms with E-state index >= 15 is 0 Å². The molecule has 1 saturated heterocycles. The lowest BCUT2D eigenvalue weighted by Gasteiger charge is -2.39. The number of hydrogen-bond acceptors (Lipinski definition) is 8. The number of halogens is 4. The van der Waals surface area contributed by atoms with Gasteiger partial charge in [-0.2, -0.15) is 0 Å². The summed E-state index contributed by atoms with van der Waals surface area (Å²) in [5.74, 6) is 0.0630. The van der Waals surface area contributed by atoms with Crippen molar-refractivity contribution in [3.05, 3.63) is 98.8 Å². The Labute approximate surface area is 275 Å². The Morgan fingerprint density at radius 3 is 2.16 bits per heavy atom. The normalized spacial score (nSPS) is 15.1. The lowest BCUT2D eigenvalue weighted by atomic mass is 10.1. The van der Waals surface area contributed by atoms with Crippen molar-refractivity contribution >= 4 is 71.2 Å². The number of nitro groups is 1. The van der Waals surface area contributed by atoms with Crippen LogP contribution in [-0.2, 0) is 16.1 Å². The first kappa shape index (κ1) is 34.8. The number of nitrogens with two attached hydrogens (primary N) is 1. The summed E-state index contributed by atoms with van der Waals surface area (Å²) < 4.78 is 6.24. The van der Waals surface area contributed by atoms with E-state index < -0.39 is 22.8 Å². The maximum absolute atomic E-state index is 12.9. The largest absolute Gasteiger partial charge is 0.439 e. The summed E-state index contributed by atoms with van der Waals surface area (Å²) in [5, 5.41) is 13.5. The zero-order chi connectivity index (χ0) is 29.8. The number of benzene rings is 3. The van der Waals surface area contributed by atoms with Gasteiger partial charge in [0.15, 0.2) is 5.76 Å². The van der Waals surface area contributed by atoms with E-state index in [1.165, 1.54) is 0 Å². The molecule has 3 aromatic carbocycles. The Hall–Kier alpha value is -3.71. The number of piperazine rings is 1. The predicted molar refractivity (Wildman–Crippen MR) is 173 cm³/mol. The molecule has 1 fully saturated rings. The second-order valence-electron chi connectivity index (χ2n) is 9.73. The standard InChI is InChI=1S/C29H26Cl2N6O5.2ClH/c30-21-13-20(37(40)41)14-22(31)27(21)33-24(38)16-36-12-11-35(15-23(36)29(32)39)17-25-34-26(18-7-3-1-4-8-18)28(42-25)19-9-5-2-6-10-19;;/h1-10,13-14,23H,11-12,15-17H2,(H2,32,39)(H,33,38);2*1H. The van der Waals surface area contributed by atoms with Crippen LogP contribution >= 0.6 is 48.0 Å². The smallest absolute Gasteiger partial charge is 0.272 e. The van der Waals surface area contributed by atoms with Crippen molar-refractivity contribution in [1.29, 1.82) is 0 Å². The van der Waals surface area contributed by atoms with E-state index in [1.54, 1.807) is 4.90 Å². The molecule has 2 heterocycles. The number of hydrogen-bond donors (Lipinski definition) is 2. The van der Waals surface area contributed by atoms with Crippen molar-refractivity contribution in [3.8, 4) is 22.6 Å². The van der Waals surface area contributed by atoms with Gasteiger partial charge in [-0.15, -0.1) is 24.8 Å². The highest BCUT2D eigenvalue weighted by Crippen LogP contribution is 2.35. The van der Waals surface area contributed by atoms with Gasteiger partial charge in [0, 0.05) is 42.9 Å². The third kappa shape index (κ3) is 8.06. The summed E-state index contributed by atoms with van der Waals surface area (Å²) in [5.41, 5.74) is 8.03. The molecule has 11 nitrogen and oxygen atoms in total. The van der Waals surface area contributed by atoms with Crippen LogP contribution in [0.4, 0.5) is 11.4 Å². The molecule has 2 amide bonds. The SMILES string of the molecule is Cl.Cl.NC(=O)C1CN(Cc2nc(-c3ccccc3)c(-c3ccccc3)o2)CCN1CC(=O)Nc1c(Cl)cc([N+](=O)[O-])cc1Cl. The highest BCUT2D eigenvalue weighted by atomic mass is 35.5. The van der Waals surface area contributed by atoms with E-state index in [-0.39, 0.29) is 59.3 Å². The van der Waals surface area contributed by atoms with E-state index in [4.69, 9.17) is 38.3 Å². The zero-order valence-corrected chi connectivity index (χ0v) is 26.2. The number of oxazole rings is 1. The number of aromatic nitrogens is 1. The third-order valence-corrected chi connectivity index (χ3v) is 7.46. The predicted octanol–water partition coefficient (Wildman–Crippen LogP) is 5.68. The fraction of sp³-hybridized carbons (Fsp3) is 0.207. The van der Waals surface area contributed by atoms with Crippen molar-refractivity contribution in [2.45, 2.75) is 12.6 Å². The molecule has 1 aliphatic heterocycles. The van der Waals surface area contributed by atoms with E-state index in [1.807, 2.05) is 65.6 Å². The van der Waals surface area contributed by atoms with Crippen molar-refractivity contribution in [1.82, 2.24) is 14.8 Å². The Bertz CT molecular complexity index is 1540. The van der Waals surface area contributed by atoms with Crippen LogP contribution in [0.5, 0.6) is 0 Å². The van der Waals surface area contributed by atoms with E-state index in [0.717, 1.165) is 29.0 Å². The summed E-state index contributed by atoms with van der Waals surface area (Å²) in [6.45, 7) is 1.30. The summed E-state index contributed by atoms with van der Waals surface area (Å²) in [6.07, 6.45) is 0. The van der Waals surface area contributed by atoms with Gasteiger partial charge in [-0.1, -0.05) is 83.9 Å². The molecule has 15 heteroatoms. The van der Waals surface area contributed by atoms with Gasteiger partial charge >= 0.3 is 0 Å². The van der Waals surface area contributed by atoms with Crippen LogP contribution in [0.3, 0.4) is 0 Å². The van der Waals surface area contributed by atoms with Crippen LogP contribution in [0, 0.1) is 10.1 Å². The maximum Gasteiger partial charge on any atom is 0.272 e. The molecule has 232 valence electrons. The summed E-state index contributed by atoms with van der Waals surface area (Å²) in [7, 11) is 0. The number of rotatable bonds is 9. The number of nitrogens with one attached hydrogen (secondary N) is 1. The van der Waals surface area contributed by atoms with E-state index in [9.17, 15) is 19.7 Å². The van der Waals surface area contributed by atoms with E-state index in [0.29, 0.717) is 31.3 Å². The number of nitrogens with zero attached hydrogens (tertiary/aromatic N) is 4. The first-order valence-corrected chi connectivity index (χ1v) is 13.7. The summed E-state index contributed by atoms with van der Waals surface area (Å²) in [6, 6.07) is 20.9. The highest BCUT2D eigenvalue weighted by molar-refractivity contribution is 6.40. The lowest BCUT2D eigenvalue weighted by molar-refractivity contribution is -0.384. The van der Waals surface area contributed by atoms with E-state index in [2.05, 4.69) is 5.32 Å². The molecule has 0 radical (unpaired) electrons. The molecular weight excluding hydrogens is 654 g/mol. The van der Waals surface area contributed by atoms with Crippen LogP contribution in [-0.4, -0.2) is 63.7 Å². The minimum Gasteiger partial charge on any atom is -0.439 e. The number of nitro benzene ring substituents is 1. The molecule has 0 saturated carbocycles. The average molecular weight is 682 g/mol. The molecule has 0 bridgehead atoms. The molecule has 1 aliphatic rings. The molecule has 5 rings (SSSR count). The number of anilines is 1. The molecule has 44 heavy (non-hydrogen) atoms. The number of non-ortho nitro benzene ring substituents is 1. The van der Waals surface area contributed by atoms with Crippen molar-refractivity contribution in [3.63, 3.8) is 0 Å². The second-order valence-corrected chi connectivity index (χ2v) is 10.5. The maximum atomic E-state index is 12.9. The Kier molecular flexibility index (Phi) is 12.1. The number of carbonyl (C=O) groups is 2. The molecule has 4 aromatic rings. The van der Waals surface area contributed by atoms with Crippen molar-refractivity contribution in [2.24, 2.45) is 5.73 Å². The first-order valence-electron chi connectivity index (χ1n) is 13.0. The van der Waals surface area contributed by atoms with Gasteiger partial charge in [-0.25, -0.2) is 4.98 Å². The zero-order valence-electron chi connectivity index (χ0n) is 23.0. The van der Waals surface area contributed by atoms with Crippen LogP contribution < -0.4 is 11.1 Å². The van der Waals surface area contributed by atoms with Crippen molar-refractivity contribution < 1.29 is 18.9 Å². The fourth-order valence-corrected chi connectivity index (χ4v) is 5.40. The average Bonchev–Trinajstić information content (AvgIpc) is 3.40. The fourth-order valence-electron chi connectivity index (χ4n) is 4.83. The van der Waals surface area contributed by atoms with Gasteiger partial charge < -0.3 is 15.5 Å². The molecule has 1 aromatic heterocycles. The van der Waals surface area contributed by atoms with Gasteiger partial charge in [0.1, 0.15) is 11.7 Å². The summed E-state index contributed by atoms with van der Waals surface area (Å²) >= 11 is 12.2. The van der Waals surface area contributed by atoms with Gasteiger partial charge in [0.05, 0.1) is 33.7 Å². The molecular formula is C29H28Cl4N6O5. The monoisotopic (exact) mass is 680 g/mol. The number of amides is 2. The Morgan fingerprint density at radius 2 is 1.59 bits per heavy atom. The molecule has 3 N–H and O–H groups in total. The van der Waals surface area contributed by atoms with Gasteiger partial charge in [0.25, 0.3) is 5.69 Å². The minimum absolute atomic E-state index is 0. The van der Waals surface area contributed by atoms with Gasteiger partial charge in [0.2, 0.25) is 17.7 Å². The molecule has 0 aliphatic carbocycles. The van der Waals surface area contributed by atoms with Gasteiger partial charge in [-0.3, -0.25) is 29.5 Å². The number of carbonyl (C=O) groups excluding carboxylic acids is 2. The second kappa shape index (κ2) is 15.3. The molecule has 0 spiro atoms. The molecule has 1 atom stereocenters. The summed E-state index contributed by atoms with van der Waals surface area (Å²) in [4.78, 5) is 44.1. The number of primary amides is 1. The minimum atomic E-state index is -0.760. The van der Waals surface area contributed by atoms with Gasteiger partial charge in [-0.05, 0) is 0 Å². The third-order valence-electron chi connectivity index (χ3n) is 6.87. The molecule has 1 unspecified atom stereocenters. The highest BCUT2D eigenvalue weighted by Gasteiger charge is 2.33. The lowest BCUT2D eigenvalue weighted by Crippen LogP contribution is -2.59. The van der Waals surface area contributed by atoms with Crippen molar-refractivity contribution in [2.75, 3.05) is 31.5 Å².